The van der Waals surface area contributed by atoms with E-state index in [9.17, 15) is 0 Å². The Kier molecular flexibility index (Phi) is 1.81. The van der Waals surface area contributed by atoms with E-state index >= 15 is 0 Å². The van der Waals surface area contributed by atoms with Crippen LogP contribution in [0.15, 0.2) is 23.3 Å². The molecule has 1 saturated carbocycles. The Hall–Kier alpha value is -0.520. The van der Waals surface area contributed by atoms with E-state index in [1.165, 1.54) is 44.9 Å². The van der Waals surface area contributed by atoms with E-state index in [2.05, 4.69) is 12.2 Å². The van der Waals surface area contributed by atoms with Gasteiger partial charge in [0.25, 0.3) is 0 Å². The van der Waals surface area contributed by atoms with Crippen LogP contribution in [0.3, 0.4) is 0 Å². The van der Waals surface area contributed by atoms with E-state index in [0.29, 0.717) is 0 Å². The molecule has 0 aromatic carbocycles. The number of rotatable bonds is 0. The van der Waals surface area contributed by atoms with Crippen molar-refractivity contribution < 1.29 is 0 Å². The molecule has 0 bridgehead atoms. The Morgan fingerprint density at radius 3 is 2.92 bits per heavy atom. The fourth-order valence-electron chi connectivity index (χ4n) is 3.59. The predicted octanol–water partition coefficient (Wildman–Crippen LogP) is 3.84. The average Bonchev–Trinajstić information content (AvgIpc) is 2.65. The second kappa shape index (κ2) is 3.01. The molecule has 0 radical (unpaired) electrons. The van der Waals surface area contributed by atoms with Gasteiger partial charge in [-0.05, 0) is 50.4 Å². The van der Waals surface area contributed by atoms with Crippen LogP contribution in [0.25, 0.3) is 0 Å². The summed E-state index contributed by atoms with van der Waals surface area (Å²) in [6, 6.07) is 0. The first-order chi connectivity index (χ1) is 6.45. The van der Waals surface area contributed by atoms with Crippen molar-refractivity contribution in [2.24, 2.45) is 11.8 Å². The maximum atomic E-state index is 2.39. The van der Waals surface area contributed by atoms with Gasteiger partial charge in [-0.2, -0.15) is 0 Å². The van der Waals surface area contributed by atoms with Crippen LogP contribution in [0.4, 0.5) is 0 Å². The van der Waals surface area contributed by atoms with Crippen molar-refractivity contribution in [1.29, 1.82) is 0 Å². The first kappa shape index (κ1) is 7.84. The van der Waals surface area contributed by atoms with E-state index < -0.39 is 0 Å². The lowest BCUT2D eigenvalue weighted by Crippen LogP contribution is -2.18. The smallest absolute Gasteiger partial charge is 0.0133 e. The zero-order valence-corrected chi connectivity index (χ0v) is 8.26. The lowest BCUT2D eigenvalue weighted by Gasteiger charge is -2.32. The summed E-state index contributed by atoms with van der Waals surface area (Å²) in [5, 5.41) is 0. The Morgan fingerprint density at radius 1 is 1.00 bits per heavy atom. The molecule has 0 aromatic heterocycles. The lowest BCUT2D eigenvalue weighted by molar-refractivity contribution is 0.374. The number of fused-ring (bicyclic) bond motifs is 2. The molecule has 70 valence electrons. The summed E-state index contributed by atoms with van der Waals surface area (Å²) >= 11 is 0. The molecule has 2 unspecified atom stereocenters. The Balaban J connectivity index is 1.92. The third-order valence-corrected chi connectivity index (χ3v) is 4.25. The molecule has 0 heteroatoms. The molecule has 3 aliphatic rings. The summed E-state index contributed by atoms with van der Waals surface area (Å²) in [5.41, 5.74) is 3.67. The zero-order chi connectivity index (χ0) is 8.67. The molecule has 0 aromatic rings. The van der Waals surface area contributed by atoms with Crippen molar-refractivity contribution in [3.8, 4) is 0 Å². The van der Waals surface area contributed by atoms with Gasteiger partial charge < -0.3 is 0 Å². The molecule has 3 rings (SSSR count). The highest BCUT2D eigenvalue weighted by atomic mass is 14.4. The van der Waals surface area contributed by atoms with E-state index in [0.717, 1.165) is 11.8 Å². The van der Waals surface area contributed by atoms with E-state index in [1.807, 2.05) is 11.1 Å². The fraction of sp³-hybridized carbons (Fsp3) is 0.692. The third-order valence-electron chi connectivity index (χ3n) is 4.25. The minimum absolute atomic E-state index is 1.01. The van der Waals surface area contributed by atoms with E-state index in [1.54, 1.807) is 0 Å². The molecule has 0 spiro atoms. The summed E-state index contributed by atoms with van der Waals surface area (Å²) in [6.45, 7) is 0. The summed E-state index contributed by atoms with van der Waals surface area (Å²) in [6.07, 6.45) is 14.7. The van der Waals surface area contributed by atoms with Crippen molar-refractivity contribution >= 4 is 0 Å². The van der Waals surface area contributed by atoms with Gasteiger partial charge in [0.1, 0.15) is 0 Å². The second-order valence-corrected chi connectivity index (χ2v) is 4.84. The van der Waals surface area contributed by atoms with Crippen LogP contribution >= 0.6 is 0 Å². The molecular formula is C13H18. The van der Waals surface area contributed by atoms with Crippen molar-refractivity contribution in [3.05, 3.63) is 23.3 Å². The van der Waals surface area contributed by atoms with Crippen molar-refractivity contribution in [1.82, 2.24) is 0 Å². The molecule has 2 atom stereocenters. The summed E-state index contributed by atoms with van der Waals surface area (Å²) in [7, 11) is 0. The first-order valence-corrected chi connectivity index (χ1v) is 5.81. The maximum Gasteiger partial charge on any atom is -0.0133 e. The van der Waals surface area contributed by atoms with Crippen LogP contribution in [0.1, 0.15) is 44.9 Å². The summed E-state index contributed by atoms with van der Waals surface area (Å²) < 4.78 is 0. The van der Waals surface area contributed by atoms with Gasteiger partial charge in [-0.15, -0.1) is 0 Å². The normalized spacial score (nSPS) is 37.5. The highest BCUT2D eigenvalue weighted by Crippen LogP contribution is 2.47. The predicted molar refractivity (Wildman–Crippen MR) is 55.5 cm³/mol. The van der Waals surface area contributed by atoms with E-state index in [-0.39, 0.29) is 0 Å². The highest BCUT2D eigenvalue weighted by Gasteiger charge is 2.34. The summed E-state index contributed by atoms with van der Waals surface area (Å²) in [4.78, 5) is 0. The lowest BCUT2D eigenvalue weighted by atomic mass is 9.73. The number of hydrogen-bond acceptors (Lipinski definition) is 0. The average molecular weight is 174 g/mol. The minimum Gasteiger partial charge on any atom is -0.0841 e. The standard InChI is InChI=1S/C13H18/c1-2-6-12-10(4-1)8-9-11-5-3-7-13(11)12/h1-2,11,13H,3-9H2. The van der Waals surface area contributed by atoms with Gasteiger partial charge >= 0.3 is 0 Å². The van der Waals surface area contributed by atoms with Gasteiger partial charge in [0, 0.05) is 0 Å². The first-order valence-electron chi connectivity index (χ1n) is 5.81. The van der Waals surface area contributed by atoms with Crippen LogP contribution in [-0.2, 0) is 0 Å². The van der Waals surface area contributed by atoms with Gasteiger partial charge in [0.05, 0.1) is 0 Å². The van der Waals surface area contributed by atoms with Gasteiger partial charge in [-0.3, -0.25) is 0 Å². The van der Waals surface area contributed by atoms with Crippen LogP contribution in [-0.4, -0.2) is 0 Å². The Bertz CT molecular complexity index is 270. The largest absolute Gasteiger partial charge is 0.0841 e. The molecule has 0 saturated heterocycles. The van der Waals surface area contributed by atoms with Gasteiger partial charge in [-0.25, -0.2) is 0 Å². The van der Waals surface area contributed by atoms with Crippen LogP contribution in [0.2, 0.25) is 0 Å². The molecule has 0 aliphatic heterocycles. The molecule has 3 aliphatic carbocycles. The zero-order valence-electron chi connectivity index (χ0n) is 8.26. The van der Waals surface area contributed by atoms with Crippen LogP contribution in [0.5, 0.6) is 0 Å². The molecule has 0 amide bonds. The van der Waals surface area contributed by atoms with Gasteiger partial charge in [-0.1, -0.05) is 29.7 Å². The molecule has 0 heterocycles. The number of allylic oxidation sites excluding steroid dienone is 4. The monoisotopic (exact) mass is 174 g/mol. The molecule has 0 N–H and O–H groups in total. The quantitative estimate of drug-likeness (QED) is 0.489. The van der Waals surface area contributed by atoms with E-state index in [4.69, 9.17) is 0 Å². The van der Waals surface area contributed by atoms with Crippen LogP contribution in [0, 0.1) is 11.8 Å². The molecule has 0 nitrogen and oxygen atoms in total. The van der Waals surface area contributed by atoms with Crippen molar-refractivity contribution in [2.45, 2.75) is 44.9 Å². The summed E-state index contributed by atoms with van der Waals surface area (Å²) in [5.74, 6) is 2.08. The second-order valence-electron chi connectivity index (χ2n) is 4.84. The van der Waals surface area contributed by atoms with Gasteiger partial charge in [0.15, 0.2) is 0 Å². The Labute approximate surface area is 80.7 Å². The molecular weight excluding hydrogens is 156 g/mol. The molecule has 1 fully saturated rings. The maximum absolute atomic E-state index is 2.39. The van der Waals surface area contributed by atoms with Crippen molar-refractivity contribution in [3.63, 3.8) is 0 Å². The SMILES string of the molecule is C1=CCC2=C(C1)CCC1CCCC21. The van der Waals surface area contributed by atoms with Gasteiger partial charge in [0.2, 0.25) is 0 Å². The Morgan fingerprint density at radius 2 is 1.92 bits per heavy atom. The van der Waals surface area contributed by atoms with Crippen LogP contribution < -0.4 is 0 Å². The molecule has 13 heavy (non-hydrogen) atoms. The highest BCUT2D eigenvalue weighted by molar-refractivity contribution is 5.29. The fourth-order valence-corrected chi connectivity index (χ4v) is 3.59. The number of hydrogen-bond donors (Lipinski definition) is 0. The third kappa shape index (κ3) is 1.19. The minimum atomic E-state index is 1.01. The van der Waals surface area contributed by atoms with Crippen molar-refractivity contribution in [2.75, 3.05) is 0 Å². The topological polar surface area (TPSA) is 0 Å².